The summed E-state index contributed by atoms with van der Waals surface area (Å²) in [5, 5.41) is 9.80. The first-order chi connectivity index (χ1) is 8.40. The van der Waals surface area contributed by atoms with Crippen molar-refractivity contribution in [2.45, 2.75) is 33.3 Å². The molecule has 0 saturated heterocycles. The van der Waals surface area contributed by atoms with Crippen LogP contribution in [0.3, 0.4) is 0 Å². The molecule has 1 aromatic carbocycles. The molecule has 0 amide bonds. The number of halogens is 1. The molecule has 1 atom stereocenters. The molecule has 0 aliphatic rings. The smallest absolute Gasteiger partial charge is 0.333 e. The van der Waals surface area contributed by atoms with Crippen LogP contribution in [0.25, 0.3) is 0 Å². The molecule has 1 N–H and O–H groups in total. The lowest BCUT2D eigenvalue weighted by atomic mass is 10.0. The number of ether oxygens (including phenoxy) is 1. The van der Waals surface area contributed by atoms with Gasteiger partial charge in [0.1, 0.15) is 0 Å². The molecule has 0 aromatic heterocycles. The Morgan fingerprint density at radius 3 is 2.61 bits per heavy atom. The molecule has 0 bridgehead atoms. The quantitative estimate of drug-likeness (QED) is 0.863. The molecule has 0 aliphatic carbocycles. The van der Waals surface area contributed by atoms with Crippen molar-refractivity contribution in [1.82, 2.24) is 0 Å². The monoisotopic (exact) mass is 270 g/mol. The fourth-order valence-corrected chi connectivity index (χ4v) is 1.84. The molecule has 0 spiro atoms. The topological polar surface area (TPSA) is 46.5 Å². The number of carboxylic acids is 1. The van der Waals surface area contributed by atoms with Crippen LogP contribution in [-0.2, 0) is 16.0 Å². The van der Waals surface area contributed by atoms with E-state index in [0.717, 1.165) is 11.1 Å². The number of carbonyl (C=O) groups is 1. The molecule has 0 heterocycles. The van der Waals surface area contributed by atoms with Gasteiger partial charge in [-0.3, -0.25) is 0 Å². The Labute approximate surface area is 113 Å². The molecule has 100 valence electrons. The van der Waals surface area contributed by atoms with E-state index in [1.54, 1.807) is 6.07 Å². The second-order valence-electron chi connectivity index (χ2n) is 4.83. The average Bonchev–Trinajstić information content (AvgIpc) is 2.26. The van der Waals surface area contributed by atoms with Gasteiger partial charge in [-0.1, -0.05) is 31.5 Å². The second-order valence-corrected chi connectivity index (χ2v) is 5.27. The Bertz CT molecular complexity index is 416. The molecule has 0 fully saturated rings. The van der Waals surface area contributed by atoms with Crippen LogP contribution in [0.15, 0.2) is 18.2 Å². The van der Waals surface area contributed by atoms with Crippen molar-refractivity contribution >= 4 is 17.6 Å². The van der Waals surface area contributed by atoms with Gasteiger partial charge < -0.3 is 9.84 Å². The highest BCUT2D eigenvalue weighted by molar-refractivity contribution is 6.30. The zero-order chi connectivity index (χ0) is 13.7. The van der Waals surface area contributed by atoms with E-state index in [4.69, 9.17) is 21.4 Å². The first-order valence-corrected chi connectivity index (χ1v) is 6.37. The Kier molecular flexibility index (Phi) is 5.63. The van der Waals surface area contributed by atoms with Crippen LogP contribution < -0.4 is 0 Å². The van der Waals surface area contributed by atoms with E-state index in [0.29, 0.717) is 24.0 Å². The molecule has 1 rings (SSSR count). The van der Waals surface area contributed by atoms with Crippen molar-refractivity contribution in [2.24, 2.45) is 5.92 Å². The fraction of sp³-hybridized carbons (Fsp3) is 0.500. The van der Waals surface area contributed by atoms with Gasteiger partial charge in [-0.05, 0) is 36.1 Å². The van der Waals surface area contributed by atoms with Crippen molar-refractivity contribution < 1.29 is 14.6 Å². The van der Waals surface area contributed by atoms with Crippen LogP contribution >= 0.6 is 11.6 Å². The van der Waals surface area contributed by atoms with E-state index in [1.807, 2.05) is 32.9 Å². The molecule has 0 saturated carbocycles. The zero-order valence-corrected chi connectivity index (χ0v) is 11.7. The third-order valence-corrected chi connectivity index (χ3v) is 2.85. The number of hydrogen-bond acceptors (Lipinski definition) is 2. The van der Waals surface area contributed by atoms with E-state index >= 15 is 0 Å². The van der Waals surface area contributed by atoms with Crippen molar-refractivity contribution in [3.63, 3.8) is 0 Å². The van der Waals surface area contributed by atoms with Crippen molar-refractivity contribution in [3.8, 4) is 0 Å². The van der Waals surface area contributed by atoms with Gasteiger partial charge >= 0.3 is 5.97 Å². The number of aryl methyl sites for hydroxylation is 1. The minimum atomic E-state index is -0.926. The summed E-state index contributed by atoms with van der Waals surface area (Å²) in [6.45, 7) is 6.35. The summed E-state index contributed by atoms with van der Waals surface area (Å²) in [4.78, 5) is 11.1. The Balaban J connectivity index is 2.73. The van der Waals surface area contributed by atoms with Gasteiger partial charge in [0, 0.05) is 11.4 Å². The van der Waals surface area contributed by atoms with Crippen molar-refractivity contribution in [3.05, 3.63) is 34.3 Å². The van der Waals surface area contributed by atoms with Crippen LogP contribution in [-0.4, -0.2) is 23.8 Å². The first kappa shape index (κ1) is 15.0. The third-order valence-electron chi connectivity index (χ3n) is 2.62. The Hall–Kier alpha value is -1.06. The maximum Gasteiger partial charge on any atom is 0.333 e. The van der Waals surface area contributed by atoms with E-state index in [-0.39, 0.29) is 0 Å². The van der Waals surface area contributed by atoms with Gasteiger partial charge in [0.15, 0.2) is 6.10 Å². The van der Waals surface area contributed by atoms with Gasteiger partial charge in [0.2, 0.25) is 0 Å². The molecule has 1 aromatic rings. The van der Waals surface area contributed by atoms with Gasteiger partial charge in [-0.2, -0.15) is 0 Å². The summed E-state index contributed by atoms with van der Waals surface area (Å²) < 4.78 is 5.42. The normalized spacial score (nSPS) is 12.7. The lowest BCUT2D eigenvalue weighted by Crippen LogP contribution is -2.28. The minimum absolute atomic E-state index is 0.318. The fourth-order valence-electron chi connectivity index (χ4n) is 1.61. The van der Waals surface area contributed by atoms with E-state index in [2.05, 4.69) is 0 Å². The number of aliphatic carboxylic acids is 1. The number of carboxylic acid groups (broad SMARTS) is 1. The molecular weight excluding hydrogens is 252 g/mol. The minimum Gasteiger partial charge on any atom is -0.479 e. The second kappa shape index (κ2) is 6.76. The molecule has 0 aliphatic heterocycles. The average molecular weight is 271 g/mol. The Morgan fingerprint density at radius 1 is 1.44 bits per heavy atom. The summed E-state index contributed by atoms with van der Waals surface area (Å²) in [5.74, 6) is -0.608. The van der Waals surface area contributed by atoms with Gasteiger partial charge in [0.25, 0.3) is 0 Å². The highest BCUT2D eigenvalue weighted by Gasteiger charge is 2.20. The maximum atomic E-state index is 11.1. The summed E-state index contributed by atoms with van der Waals surface area (Å²) in [5.41, 5.74) is 1.94. The predicted octanol–water partition coefficient (Wildman–Crippen LogP) is 3.32. The van der Waals surface area contributed by atoms with Gasteiger partial charge in [-0.25, -0.2) is 4.79 Å². The van der Waals surface area contributed by atoms with Crippen LogP contribution in [0.4, 0.5) is 0 Å². The molecule has 0 radical (unpaired) electrons. The standard InChI is InChI=1S/C14H19ClO3/c1-9(2)8-18-13(14(16)17)7-11-4-5-12(15)6-10(11)3/h4-6,9,13H,7-8H2,1-3H3,(H,16,17). The SMILES string of the molecule is Cc1cc(Cl)ccc1CC(OCC(C)C)C(=O)O. The van der Waals surface area contributed by atoms with Crippen LogP contribution in [0.5, 0.6) is 0 Å². The number of rotatable bonds is 6. The van der Waals surface area contributed by atoms with E-state index < -0.39 is 12.1 Å². The largest absolute Gasteiger partial charge is 0.479 e. The molecule has 18 heavy (non-hydrogen) atoms. The summed E-state index contributed by atoms with van der Waals surface area (Å²) in [6.07, 6.45) is -0.433. The first-order valence-electron chi connectivity index (χ1n) is 5.99. The van der Waals surface area contributed by atoms with E-state index in [1.165, 1.54) is 0 Å². The number of benzene rings is 1. The Morgan fingerprint density at radius 2 is 2.11 bits per heavy atom. The molecular formula is C14H19ClO3. The van der Waals surface area contributed by atoms with Gasteiger partial charge in [0.05, 0.1) is 6.61 Å². The lowest BCUT2D eigenvalue weighted by Gasteiger charge is -2.16. The van der Waals surface area contributed by atoms with Gasteiger partial charge in [-0.15, -0.1) is 0 Å². The van der Waals surface area contributed by atoms with Crippen molar-refractivity contribution in [1.29, 1.82) is 0 Å². The lowest BCUT2D eigenvalue weighted by molar-refractivity contribution is -0.150. The van der Waals surface area contributed by atoms with Crippen LogP contribution in [0, 0.1) is 12.8 Å². The summed E-state index contributed by atoms with van der Waals surface area (Å²) >= 11 is 5.87. The van der Waals surface area contributed by atoms with Crippen LogP contribution in [0.1, 0.15) is 25.0 Å². The zero-order valence-electron chi connectivity index (χ0n) is 10.9. The number of hydrogen-bond donors (Lipinski definition) is 1. The summed E-state index contributed by atoms with van der Waals surface area (Å²) in [7, 11) is 0. The predicted molar refractivity (Wildman–Crippen MR) is 72.1 cm³/mol. The van der Waals surface area contributed by atoms with Crippen molar-refractivity contribution in [2.75, 3.05) is 6.61 Å². The maximum absolute atomic E-state index is 11.1. The highest BCUT2D eigenvalue weighted by Crippen LogP contribution is 2.17. The summed E-state index contributed by atoms with van der Waals surface area (Å²) in [6, 6.07) is 5.45. The molecule has 3 nitrogen and oxygen atoms in total. The molecule has 4 heteroatoms. The molecule has 1 unspecified atom stereocenters. The van der Waals surface area contributed by atoms with E-state index in [9.17, 15) is 4.79 Å². The highest BCUT2D eigenvalue weighted by atomic mass is 35.5. The van der Waals surface area contributed by atoms with Crippen LogP contribution in [0.2, 0.25) is 5.02 Å². The third kappa shape index (κ3) is 4.67.